The normalized spacial score (nSPS) is 17.4. The Labute approximate surface area is 286 Å². The van der Waals surface area contributed by atoms with E-state index in [9.17, 15) is 28.8 Å². The summed E-state index contributed by atoms with van der Waals surface area (Å²) < 4.78 is 6.84. The van der Waals surface area contributed by atoms with Crippen LogP contribution < -0.4 is 26.2 Å². The van der Waals surface area contributed by atoms with E-state index in [4.69, 9.17) is 16.3 Å². The minimum absolute atomic E-state index is 0.00493. The number of amides is 5. The van der Waals surface area contributed by atoms with Gasteiger partial charge in [0.2, 0.25) is 11.8 Å². The minimum atomic E-state index is -1.08. The lowest BCUT2D eigenvalue weighted by molar-refractivity contribution is -0.136. The molecule has 1 fully saturated rings. The zero-order chi connectivity index (χ0) is 34.7. The molecule has 1 atom stereocenters. The maximum absolute atomic E-state index is 13.2. The molecule has 15 heteroatoms. The van der Waals surface area contributed by atoms with Gasteiger partial charge in [-0.05, 0) is 67.6 Å². The number of rotatable bonds is 12. The molecule has 49 heavy (non-hydrogen) atoms. The average Bonchev–Trinajstić information content (AvgIpc) is 3.34. The van der Waals surface area contributed by atoms with E-state index in [2.05, 4.69) is 38.1 Å². The number of aryl methyl sites for hydroxylation is 1. The average molecular weight is 690 g/mol. The standard InChI is InChI=1S/C34H36ClN7O7/c1-40-34(48)30(35)24(17-37-40)38-22-9-8-21-18-41(15-12-20(21)16-22)14-4-2-3-13-36-28(44)19-49-26-7-5-6-23-29(26)33(47)42(32(23)46)25-10-11-27(43)39-31(25)45/h5-9,16-17,25,38H,2-4,10-15,18-19H2,1H3,(H,36,44)(H,39,43,45). The molecule has 3 aliphatic rings. The first-order valence-corrected chi connectivity index (χ1v) is 16.6. The van der Waals surface area contributed by atoms with E-state index >= 15 is 0 Å². The SMILES string of the molecule is Cn1ncc(Nc2ccc3c(c2)CCN(CCCCCNC(=O)COc2cccc4c2C(=O)N(C2CCC(=O)NC2=O)C4=O)C3)c(Cl)c1=O. The number of benzene rings is 2. The van der Waals surface area contributed by atoms with Crippen LogP contribution in [0.5, 0.6) is 5.75 Å². The lowest BCUT2D eigenvalue weighted by atomic mass is 9.98. The first-order chi connectivity index (χ1) is 23.6. The number of hydrogen-bond donors (Lipinski definition) is 3. The highest BCUT2D eigenvalue weighted by Crippen LogP contribution is 2.33. The van der Waals surface area contributed by atoms with Gasteiger partial charge in [-0.1, -0.05) is 30.2 Å². The number of carbonyl (C=O) groups excluding carboxylic acids is 5. The number of nitrogens with one attached hydrogen (secondary N) is 3. The zero-order valence-corrected chi connectivity index (χ0v) is 27.7. The van der Waals surface area contributed by atoms with E-state index in [1.165, 1.54) is 34.1 Å². The molecule has 0 radical (unpaired) electrons. The summed E-state index contributed by atoms with van der Waals surface area (Å²) in [5.74, 6) is -2.74. The number of ether oxygens (including phenoxy) is 1. The van der Waals surface area contributed by atoms with Gasteiger partial charge in [0.1, 0.15) is 16.8 Å². The molecule has 1 unspecified atom stereocenters. The number of nitrogens with zero attached hydrogens (tertiary/aromatic N) is 4. The monoisotopic (exact) mass is 689 g/mol. The van der Waals surface area contributed by atoms with Gasteiger partial charge in [-0.25, -0.2) is 4.68 Å². The van der Waals surface area contributed by atoms with E-state index in [1.54, 1.807) is 13.1 Å². The molecule has 1 saturated heterocycles. The number of anilines is 2. The van der Waals surface area contributed by atoms with Gasteiger partial charge in [0.05, 0.1) is 23.0 Å². The Hall–Kier alpha value is -5.08. The van der Waals surface area contributed by atoms with Crippen molar-refractivity contribution in [3.05, 3.63) is 80.2 Å². The summed E-state index contributed by atoms with van der Waals surface area (Å²) in [6, 6.07) is 9.59. The second kappa shape index (κ2) is 14.6. The van der Waals surface area contributed by atoms with Crippen molar-refractivity contribution >= 4 is 52.5 Å². The van der Waals surface area contributed by atoms with E-state index in [-0.39, 0.29) is 52.8 Å². The number of hydrogen-bond acceptors (Lipinski definition) is 10. The fourth-order valence-corrected chi connectivity index (χ4v) is 6.52. The van der Waals surface area contributed by atoms with Crippen LogP contribution in [0.4, 0.5) is 11.4 Å². The summed E-state index contributed by atoms with van der Waals surface area (Å²) in [5, 5.41) is 12.3. The summed E-state index contributed by atoms with van der Waals surface area (Å²) in [6.07, 6.45) is 5.21. The van der Waals surface area contributed by atoms with Crippen LogP contribution in [-0.4, -0.2) is 81.4 Å². The van der Waals surface area contributed by atoms with Crippen molar-refractivity contribution in [1.29, 1.82) is 0 Å². The largest absolute Gasteiger partial charge is 0.483 e. The molecule has 0 bridgehead atoms. The van der Waals surface area contributed by atoms with Crippen molar-refractivity contribution in [2.24, 2.45) is 7.05 Å². The Morgan fingerprint density at radius 1 is 1.04 bits per heavy atom. The Balaban J connectivity index is 0.904. The summed E-state index contributed by atoms with van der Waals surface area (Å²) in [5.41, 5.74) is 3.57. The van der Waals surface area contributed by atoms with Gasteiger partial charge in [-0.2, -0.15) is 5.10 Å². The quantitative estimate of drug-likeness (QED) is 0.189. The van der Waals surface area contributed by atoms with Gasteiger partial charge >= 0.3 is 0 Å². The lowest BCUT2D eigenvalue weighted by Gasteiger charge is -2.29. The smallest absolute Gasteiger partial charge is 0.287 e. The number of fused-ring (bicyclic) bond motifs is 2. The maximum Gasteiger partial charge on any atom is 0.287 e. The van der Waals surface area contributed by atoms with Crippen LogP contribution in [0.2, 0.25) is 5.02 Å². The van der Waals surface area contributed by atoms with Crippen LogP contribution in [0, 0.1) is 0 Å². The summed E-state index contributed by atoms with van der Waals surface area (Å²) >= 11 is 6.19. The summed E-state index contributed by atoms with van der Waals surface area (Å²) in [6.45, 7) is 2.85. The molecule has 5 amide bonds. The van der Waals surface area contributed by atoms with Crippen molar-refractivity contribution < 1.29 is 28.7 Å². The molecule has 1 aromatic heterocycles. The minimum Gasteiger partial charge on any atom is -0.483 e. The first kappa shape index (κ1) is 33.8. The topological polar surface area (TPSA) is 172 Å². The molecule has 0 saturated carbocycles. The predicted molar refractivity (Wildman–Crippen MR) is 179 cm³/mol. The Kier molecular flexibility index (Phi) is 10.1. The second-order valence-electron chi connectivity index (χ2n) is 12.3. The van der Waals surface area contributed by atoms with E-state index in [0.29, 0.717) is 12.2 Å². The molecule has 3 aliphatic heterocycles. The van der Waals surface area contributed by atoms with E-state index in [1.807, 2.05) is 6.07 Å². The number of aromatic nitrogens is 2. The van der Waals surface area contributed by atoms with Crippen LogP contribution in [0.15, 0.2) is 47.4 Å². The van der Waals surface area contributed by atoms with Crippen LogP contribution >= 0.6 is 11.6 Å². The first-order valence-electron chi connectivity index (χ1n) is 16.2. The van der Waals surface area contributed by atoms with Gasteiger partial charge in [-0.3, -0.25) is 43.9 Å². The highest BCUT2D eigenvalue weighted by atomic mass is 35.5. The van der Waals surface area contributed by atoms with Crippen molar-refractivity contribution in [2.45, 2.75) is 51.1 Å². The summed E-state index contributed by atoms with van der Waals surface area (Å²) in [4.78, 5) is 77.9. The number of carbonyl (C=O) groups is 5. The molecule has 6 rings (SSSR count). The molecule has 14 nitrogen and oxygen atoms in total. The third kappa shape index (κ3) is 7.34. The van der Waals surface area contributed by atoms with Crippen LogP contribution in [0.3, 0.4) is 0 Å². The second-order valence-corrected chi connectivity index (χ2v) is 12.6. The highest BCUT2D eigenvalue weighted by Gasteiger charge is 2.46. The molecular formula is C34H36ClN7O7. The molecular weight excluding hydrogens is 654 g/mol. The molecule has 0 spiro atoms. The van der Waals surface area contributed by atoms with E-state index < -0.39 is 29.7 Å². The van der Waals surface area contributed by atoms with Gasteiger partial charge in [0, 0.05) is 38.8 Å². The van der Waals surface area contributed by atoms with Crippen molar-refractivity contribution in [2.75, 3.05) is 31.6 Å². The fraction of sp³-hybridized carbons (Fsp3) is 0.382. The van der Waals surface area contributed by atoms with E-state index in [0.717, 1.165) is 55.9 Å². The van der Waals surface area contributed by atoms with Crippen LogP contribution in [-0.2, 0) is 34.4 Å². The fourth-order valence-electron chi connectivity index (χ4n) is 6.30. The van der Waals surface area contributed by atoms with Crippen molar-refractivity contribution in [1.82, 2.24) is 30.2 Å². The Morgan fingerprint density at radius 2 is 1.88 bits per heavy atom. The van der Waals surface area contributed by atoms with Gasteiger partial charge in [0.25, 0.3) is 23.3 Å². The zero-order valence-electron chi connectivity index (χ0n) is 26.9. The van der Waals surface area contributed by atoms with Gasteiger partial charge in [-0.15, -0.1) is 0 Å². The molecule has 4 heterocycles. The molecule has 0 aliphatic carbocycles. The van der Waals surface area contributed by atoms with Gasteiger partial charge in [0.15, 0.2) is 6.61 Å². The number of imide groups is 2. The number of piperidine rings is 1. The Bertz CT molecular complexity index is 1890. The molecule has 3 aromatic rings. The predicted octanol–water partition coefficient (Wildman–Crippen LogP) is 2.30. The summed E-state index contributed by atoms with van der Waals surface area (Å²) in [7, 11) is 1.55. The Morgan fingerprint density at radius 3 is 2.69 bits per heavy atom. The van der Waals surface area contributed by atoms with Crippen LogP contribution in [0.1, 0.15) is 63.9 Å². The van der Waals surface area contributed by atoms with Crippen molar-refractivity contribution in [3.63, 3.8) is 0 Å². The molecule has 3 N–H and O–H groups in total. The maximum atomic E-state index is 13.2. The number of unbranched alkanes of at least 4 members (excludes halogenated alkanes) is 2. The third-order valence-electron chi connectivity index (χ3n) is 8.92. The van der Waals surface area contributed by atoms with Gasteiger partial charge < -0.3 is 15.4 Å². The lowest BCUT2D eigenvalue weighted by Crippen LogP contribution is -2.54. The third-order valence-corrected chi connectivity index (χ3v) is 9.28. The van der Waals surface area contributed by atoms with Crippen molar-refractivity contribution in [3.8, 4) is 5.75 Å². The number of halogens is 1. The highest BCUT2D eigenvalue weighted by molar-refractivity contribution is 6.33. The molecule has 256 valence electrons. The van der Waals surface area contributed by atoms with Crippen LogP contribution in [0.25, 0.3) is 0 Å². The molecule has 2 aromatic carbocycles.